The van der Waals surface area contributed by atoms with Crippen LogP contribution in [0.4, 0.5) is 5.69 Å². The minimum absolute atomic E-state index is 0.0520. The molecule has 0 fully saturated rings. The Morgan fingerprint density at radius 3 is 2.45 bits per heavy atom. The van der Waals surface area contributed by atoms with Gasteiger partial charge in [-0.3, -0.25) is 10.1 Å². The van der Waals surface area contributed by atoms with Crippen LogP contribution in [0.15, 0.2) is 28.7 Å². The van der Waals surface area contributed by atoms with E-state index in [4.69, 9.17) is 4.74 Å². The first-order valence-electron chi connectivity index (χ1n) is 6.05. The van der Waals surface area contributed by atoms with Gasteiger partial charge in [0.15, 0.2) is 0 Å². The van der Waals surface area contributed by atoms with Gasteiger partial charge in [0, 0.05) is 17.4 Å². The Balaban J connectivity index is 2.45. The van der Waals surface area contributed by atoms with E-state index in [9.17, 15) is 10.1 Å². The van der Waals surface area contributed by atoms with Crippen LogP contribution in [0.25, 0.3) is 0 Å². The highest BCUT2D eigenvalue weighted by Gasteiger charge is 2.30. The number of halogens is 1. The van der Waals surface area contributed by atoms with Crippen molar-refractivity contribution in [2.45, 2.75) is 19.8 Å². The number of hydrogen-bond donors (Lipinski definition) is 0. The Bertz CT molecular complexity index is 635. The van der Waals surface area contributed by atoms with Crippen molar-refractivity contribution in [3.8, 4) is 11.6 Å². The fourth-order valence-corrected chi connectivity index (χ4v) is 2.07. The molecule has 0 spiro atoms. The Morgan fingerprint density at radius 2 is 1.95 bits per heavy atom. The molecule has 0 unspecified atom stereocenters. The molecule has 0 saturated carbocycles. The molecule has 2 aromatic rings. The molecular weight excluding hydrogens is 326 g/mol. The van der Waals surface area contributed by atoms with E-state index in [0.29, 0.717) is 11.4 Å². The van der Waals surface area contributed by atoms with Crippen molar-refractivity contribution in [2.24, 2.45) is 7.05 Å². The summed E-state index contributed by atoms with van der Waals surface area (Å²) in [7, 11) is 1.63. The predicted molar refractivity (Wildman–Crippen MR) is 78.2 cm³/mol. The van der Waals surface area contributed by atoms with E-state index >= 15 is 0 Å². The number of hydrogen-bond acceptors (Lipinski definition) is 4. The minimum atomic E-state index is -0.448. The molecule has 0 saturated heterocycles. The number of nitrogens with zero attached hydrogens (tertiary/aromatic N) is 3. The molecule has 0 N–H and O–H groups in total. The monoisotopic (exact) mass is 339 g/mol. The summed E-state index contributed by atoms with van der Waals surface area (Å²) in [5.74, 6) is 0.611. The maximum Gasteiger partial charge on any atom is 0.354 e. The van der Waals surface area contributed by atoms with E-state index < -0.39 is 4.92 Å². The van der Waals surface area contributed by atoms with Crippen LogP contribution in [0.2, 0.25) is 0 Å². The van der Waals surface area contributed by atoms with E-state index in [2.05, 4.69) is 21.0 Å². The highest BCUT2D eigenvalue weighted by atomic mass is 79.9. The third kappa shape index (κ3) is 2.82. The van der Waals surface area contributed by atoms with Gasteiger partial charge in [0.25, 0.3) is 5.88 Å². The van der Waals surface area contributed by atoms with E-state index in [-0.39, 0.29) is 17.5 Å². The molecule has 1 heterocycles. The average Bonchev–Trinajstić information content (AvgIpc) is 2.70. The molecule has 20 heavy (non-hydrogen) atoms. The molecule has 6 nitrogen and oxygen atoms in total. The Hall–Kier alpha value is -1.89. The fourth-order valence-electron chi connectivity index (χ4n) is 1.81. The average molecular weight is 340 g/mol. The zero-order valence-corrected chi connectivity index (χ0v) is 12.9. The second-order valence-corrected chi connectivity index (χ2v) is 5.55. The van der Waals surface area contributed by atoms with Gasteiger partial charge in [0.1, 0.15) is 11.4 Å². The molecule has 2 rings (SSSR count). The lowest BCUT2D eigenvalue weighted by atomic mass is 10.1. The normalized spacial score (nSPS) is 10.8. The van der Waals surface area contributed by atoms with Gasteiger partial charge in [-0.15, -0.1) is 0 Å². The van der Waals surface area contributed by atoms with Crippen LogP contribution in [0.3, 0.4) is 0 Å². The molecule has 0 aliphatic heterocycles. The van der Waals surface area contributed by atoms with E-state index in [1.165, 1.54) is 4.68 Å². The van der Waals surface area contributed by atoms with Crippen molar-refractivity contribution in [2.75, 3.05) is 0 Å². The first kappa shape index (κ1) is 14.5. The van der Waals surface area contributed by atoms with Crippen molar-refractivity contribution in [1.82, 2.24) is 9.78 Å². The van der Waals surface area contributed by atoms with Crippen LogP contribution in [-0.4, -0.2) is 14.7 Å². The van der Waals surface area contributed by atoms with Crippen molar-refractivity contribution in [3.63, 3.8) is 0 Å². The van der Waals surface area contributed by atoms with Crippen LogP contribution in [-0.2, 0) is 7.05 Å². The van der Waals surface area contributed by atoms with Gasteiger partial charge in [-0.1, -0.05) is 29.8 Å². The summed E-state index contributed by atoms with van der Waals surface area (Å²) in [5.41, 5.74) is 0.343. The molecule has 7 heteroatoms. The summed E-state index contributed by atoms with van der Waals surface area (Å²) in [6, 6.07) is 7.08. The Morgan fingerprint density at radius 1 is 1.35 bits per heavy atom. The maximum absolute atomic E-state index is 11.3. The number of ether oxygens (including phenoxy) is 1. The molecule has 0 aliphatic carbocycles. The van der Waals surface area contributed by atoms with Gasteiger partial charge in [-0.05, 0) is 24.3 Å². The first-order chi connectivity index (χ1) is 9.40. The topological polar surface area (TPSA) is 70.2 Å². The summed E-state index contributed by atoms with van der Waals surface area (Å²) in [4.78, 5) is 10.8. The second kappa shape index (κ2) is 5.62. The molecule has 1 aromatic carbocycles. The summed E-state index contributed by atoms with van der Waals surface area (Å²) < 4.78 is 7.93. The summed E-state index contributed by atoms with van der Waals surface area (Å²) in [6.45, 7) is 3.72. The van der Waals surface area contributed by atoms with Crippen LogP contribution in [0.1, 0.15) is 25.5 Å². The third-order valence-corrected chi connectivity index (χ3v) is 3.28. The van der Waals surface area contributed by atoms with Crippen molar-refractivity contribution >= 4 is 21.6 Å². The van der Waals surface area contributed by atoms with Gasteiger partial charge < -0.3 is 4.74 Å². The van der Waals surface area contributed by atoms with E-state index in [0.717, 1.165) is 4.47 Å². The van der Waals surface area contributed by atoms with Gasteiger partial charge in [0.2, 0.25) is 0 Å². The van der Waals surface area contributed by atoms with Crippen LogP contribution < -0.4 is 4.74 Å². The van der Waals surface area contributed by atoms with Gasteiger partial charge in [0.05, 0.1) is 4.92 Å². The molecule has 1 aromatic heterocycles. The molecule has 0 aliphatic rings. The molecule has 0 radical (unpaired) electrons. The quantitative estimate of drug-likeness (QED) is 0.623. The predicted octanol–water partition coefficient (Wildman–Crippen LogP) is 4.01. The number of benzene rings is 1. The van der Waals surface area contributed by atoms with Crippen LogP contribution in [0.5, 0.6) is 11.6 Å². The zero-order valence-electron chi connectivity index (χ0n) is 11.3. The number of nitro groups is 1. The van der Waals surface area contributed by atoms with Gasteiger partial charge >= 0.3 is 5.69 Å². The van der Waals surface area contributed by atoms with Crippen molar-refractivity contribution in [1.29, 1.82) is 0 Å². The second-order valence-electron chi connectivity index (χ2n) is 4.63. The molecule has 106 valence electrons. The Labute approximate surface area is 124 Å². The minimum Gasteiger partial charge on any atom is -0.434 e. The van der Waals surface area contributed by atoms with Gasteiger partial charge in [-0.2, -0.15) is 5.10 Å². The number of rotatable bonds is 4. The largest absolute Gasteiger partial charge is 0.434 e. The van der Waals surface area contributed by atoms with Crippen molar-refractivity contribution < 1.29 is 9.66 Å². The van der Waals surface area contributed by atoms with Crippen molar-refractivity contribution in [3.05, 3.63) is 44.5 Å². The van der Waals surface area contributed by atoms with Gasteiger partial charge in [-0.25, -0.2) is 4.68 Å². The van der Waals surface area contributed by atoms with E-state index in [1.807, 2.05) is 13.8 Å². The third-order valence-electron chi connectivity index (χ3n) is 2.75. The number of aryl methyl sites for hydroxylation is 1. The standard InChI is InChI=1S/C13H14BrN3O3/c1-8(2)11-12(17(18)19)13(16(3)15-11)20-10-6-4-9(14)5-7-10/h4-8H,1-3H3. The molecule has 0 atom stereocenters. The zero-order chi connectivity index (χ0) is 14.9. The SMILES string of the molecule is CC(C)c1nn(C)c(Oc2ccc(Br)cc2)c1[N+](=O)[O-]. The first-order valence-corrected chi connectivity index (χ1v) is 6.84. The number of aromatic nitrogens is 2. The van der Waals surface area contributed by atoms with Crippen LogP contribution in [0, 0.1) is 10.1 Å². The molecular formula is C13H14BrN3O3. The van der Waals surface area contributed by atoms with E-state index in [1.54, 1.807) is 31.3 Å². The summed E-state index contributed by atoms with van der Waals surface area (Å²) >= 11 is 3.32. The molecule has 0 bridgehead atoms. The maximum atomic E-state index is 11.3. The lowest BCUT2D eigenvalue weighted by Gasteiger charge is -2.05. The highest BCUT2D eigenvalue weighted by Crippen LogP contribution is 2.37. The van der Waals surface area contributed by atoms with Crippen LogP contribution >= 0.6 is 15.9 Å². The summed E-state index contributed by atoms with van der Waals surface area (Å²) in [6.07, 6.45) is 0. The summed E-state index contributed by atoms with van der Waals surface area (Å²) in [5, 5.41) is 15.5. The lowest BCUT2D eigenvalue weighted by molar-refractivity contribution is -0.386. The highest BCUT2D eigenvalue weighted by molar-refractivity contribution is 9.10. The Kier molecular flexibility index (Phi) is 4.08. The fraction of sp³-hybridized carbons (Fsp3) is 0.308. The smallest absolute Gasteiger partial charge is 0.354 e. The molecule has 0 amide bonds. The lowest BCUT2D eigenvalue weighted by Crippen LogP contribution is -1.97.